The van der Waals surface area contributed by atoms with Crippen molar-refractivity contribution in [3.8, 4) is 0 Å². The number of nitrogens with two attached hydrogens (primary N) is 1. The first-order valence-corrected chi connectivity index (χ1v) is 7.80. The highest BCUT2D eigenvalue weighted by Crippen LogP contribution is 2.30. The summed E-state index contributed by atoms with van der Waals surface area (Å²) in [5, 5.41) is 0. The maximum Gasteiger partial charge on any atom is 0.416 e. The average molecular weight is 378 g/mol. The molecule has 0 saturated carbocycles. The van der Waals surface area contributed by atoms with E-state index in [2.05, 4.69) is 0 Å². The summed E-state index contributed by atoms with van der Waals surface area (Å²) in [4.78, 5) is 10.8. The van der Waals surface area contributed by atoms with Crippen molar-refractivity contribution in [2.75, 3.05) is 13.1 Å². The monoisotopic (exact) mass is 378 g/mol. The zero-order chi connectivity index (χ0) is 18.8. The number of hydrogen-bond donors (Lipinski definition) is 1. The SMILES string of the molecule is NC(=O)CN(CC(F)(F)F)S(=O)(=O)Cc1cccc(C(F)(F)F)c1. The Bertz CT molecular complexity index is 699. The second-order valence-corrected chi connectivity index (χ2v) is 6.77. The zero-order valence-electron chi connectivity index (χ0n) is 11.9. The molecule has 0 radical (unpaired) electrons. The van der Waals surface area contributed by atoms with E-state index in [4.69, 9.17) is 5.73 Å². The van der Waals surface area contributed by atoms with Gasteiger partial charge in [-0.2, -0.15) is 30.6 Å². The van der Waals surface area contributed by atoms with E-state index < -0.39 is 52.7 Å². The Morgan fingerprint density at radius 1 is 1.12 bits per heavy atom. The lowest BCUT2D eigenvalue weighted by Crippen LogP contribution is -2.44. The van der Waals surface area contributed by atoms with E-state index in [0.717, 1.165) is 12.1 Å². The van der Waals surface area contributed by atoms with Crippen molar-refractivity contribution in [2.45, 2.75) is 18.1 Å². The summed E-state index contributed by atoms with van der Waals surface area (Å²) in [7, 11) is -4.72. The lowest BCUT2D eigenvalue weighted by molar-refractivity contribution is -0.139. The number of amides is 1. The van der Waals surface area contributed by atoms with Gasteiger partial charge in [0.25, 0.3) is 0 Å². The van der Waals surface area contributed by atoms with E-state index in [1.54, 1.807) is 0 Å². The molecule has 0 aromatic heterocycles. The molecule has 0 fully saturated rings. The first-order valence-electron chi connectivity index (χ1n) is 6.20. The third-order valence-corrected chi connectivity index (χ3v) is 4.43. The topological polar surface area (TPSA) is 80.5 Å². The van der Waals surface area contributed by atoms with Crippen molar-refractivity contribution in [2.24, 2.45) is 5.73 Å². The number of halogens is 6. The van der Waals surface area contributed by atoms with Crippen LogP contribution in [-0.2, 0) is 26.7 Å². The Morgan fingerprint density at radius 3 is 2.17 bits per heavy atom. The Morgan fingerprint density at radius 2 is 1.71 bits per heavy atom. The van der Waals surface area contributed by atoms with E-state index in [9.17, 15) is 39.6 Å². The first kappa shape index (κ1) is 20.2. The molecule has 0 unspecified atom stereocenters. The van der Waals surface area contributed by atoms with E-state index in [1.807, 2.05) is 0 Å². The predicted octanol–water partition coefficient (Wildman–Crippen LogP) is 1.88. The second kappa shape index (κ2) is 6.97. The Balaban J connectivity index is 3.10. The largest absolute Gasteiger partial charge is 0.416 e. The third-order valence-electron chi connectivity index (χ3n) is 2.68. The van der Waals surface area contributed by atoms with Crippen LogP contribution in [0.3, 0.4) is 0 Å². The molecular formula is C12H12F6N2O3S. The molecule has 0 heterocycles. The van der Waals surface area contributed by atoms with Crippen LogP contribution in [0.25, 0.3) is 0 Å². The van der Waals surface area contributed by atoms with Gasteiger partial charge >= 0.3 is 12.4 Å². The van der Waals surface area contributed by atoms with Gasteiger partial charge in [0.2, 0.25) is 15.9 Å². The van der Waals surface area contributed by atoms with Gasteiger partial charge in [-0.15, -0.1) is 0 Å². The molecule has 136 valence electrons. The molecular weight excluding hydrogens is 366 g/mol. The Kier molecular flexibility index (Phi) is 5.87. The van der Waals surface area contributed by atoms with Crippen LogP contribution in [0.5, 0.6) is 0 Å². The van der Waals surface area contributed by atoms with E-state index in [1.165, 1.54) is 0 Å². The molecule has 0 spiro atoms. The smallest absolute Gasteiger partial charge is 0.369 e. The number of rotatable bonds is 6. The van der Waals surface area contributed by atoms with Crippen LogP contribution in [0.15, 0.2) is 24.3 Å². The van der Waals surface area contributed by atoms with E-state index >= 15 is 0 Å². The van der Waals surface area contributed by atoms with Gasteiger partial charge in [0.1, 0.15) is 6.54 Å². The van der Waals surface area contributed by atoms with Crippen molar-refractivity contribution < 1.29 is 39.6 Å². The van der Waals surface area contributed by atoms with Crippen molar-refractivity contribution in [1.82, 2.24) is 4.31 Å². The molecule has 2 N–H and O–H groups in total. The summed E-state index contributed by atoms with van der Waals surface area (Å²) < 4.78 is 98.9. The molecule has 1 rings (SSSR count). The minimum absolute atomic E-state index is 0.213. The number of nitrogens with zero attached hydrogens (tertiary/aromatic N) is 1. The fraction of sp³-hybridized carbons (Fsp3) is 0.417. The zero-order valence-corrected chi connectivity index (χ0v) is 12.7. The highest BCUT2D eigenvalue weighted by Gasteiger charge is 2.37. The number of carbonyl (C=O) groups excluding carboxylic acids is 1. The van der Waals surface area contributed by atoms with Crippen molar-refractivity contribution in [1.29, 1.82) is 0 Å². The number of benzene rings is 1. The fourth-order valence-electron chi connectivity index (χ4n) is 1.77. The van der Waals surface area contributed by atoms with Gasteiger partial charge in [-0.25, -0.2) is 8.42 Å². The summed E-state index contributed by atoms with van der Waals surface area (Å²) >= 11 is 0. The molecule has 5 nitrogen and oxygen atoms in total. The molecule has 1 aromatic carbocycles. The first-order chi connectivity index (χ1) is 10.7. The number of sulfonamides is 1. The number of alkyl halides is 6. The lowest BCUT2D eigenvalue weighted by Gasteiger charge is -2.22. The van der Waals surface area contributed by atoms with Gasteiger partial charge in [-0.05, 0) is 11.6 Å². The number of carbonyl (C=O) groups is 1. The quantitative estimate of drug-likeness (QED) is 0.768. The molecule has 1 amide bonds. The van der Waals surface area contributed by atoms with Gasteiger partial charge in [0.15, 0.2) is 0 Å². The molecule has 1 aromatic rings. The molecule has 0 atom stereocenters. The van der Waals surface area contributed by atoms with Gasteiger partial charge in [-0.3, -0.25) is 4.79 Å². The second-order valence-electron chi connectivity index (χ2n) is 4.80. The molecule has 0 bridgehead atoms. The van der Waals surface area contributed by atoms with Crippen LogP contribution in [0.1, 0.15) is 11.1 Å². The third kappa shape index (κ3) is 6.35. The highest BCUT2D eigenvalue weighted by molar-refractivity contribution is 7.88. The lowest BCUT2D eigenvalue weighted by atomic mass is 10.1. The van der Waals surface area contributed by atoms with Crippen LogP contribution < -0.4 is 5.73 Å². The average Bonchev–Trinajstić information content (AvgIpc) is 2.34. The molecule has 0 aliphatic carbocycles. The van der Waals surface area contributed by atoms with Crippen LogP contribution in [0.4, 0.5) is 26.3 Å². The molecule has 0 aliphatic rings. The molecule has 24 heavy (non-hydrogen) atoms. The van der Waals surface area contributed by atoms with Crippen LogP contribution >= 0.6 is 0 Å². The minimum Gasteiger partial charge on any atom is -0.369 e. The minimum atomic E-state index is -4.95. The summed E-state index contributed by atoms with van der Waals surface area (Å²) in [6, 6.07) is 3.14. The summed E-state index contributed by atoms with van der Waals surface area (Å²) in [5.74, 6) is -2.47. The predicted molar refractivity (Wildman–Crippen MR) is 70.9 cm³/mol. The summed E-state index contributed by atoms with van der Waals surface area (Å²) in [6.45, 7) is -3.21. The highest BCUT2D eigenvalue weighted by atomic mass is 32.2. The van der Waals surface area contributed by atoms with E-state index in [0.29, 0.717) is 12.1 Å². The summed E-state index contributed by atoms with van der Waals surface area (Å²) in [6.07, 6.45) is -9.69. The number of hydrogen-bond acceptors (Lipinski definition) is 3. The van der Waals surface area contributed by atoms with Gasteiger partial charge in [0.05, 0.1) is 17.9 Å². The van der Waals surface area contributed by atoms with Gasteiger partial charge in [0, 0.05) is 0 Å². The van der Waals surface area contributed by atoms with Crippen molar-refractivity contribution in [3.63, 3.8) is 0 Å². The summed E-state index contributed by atoms with van der Waals surface area (Å²) in [5.41, 5.74) is 3.20. The molecule has 0 saturated heterocycles. The maximum atomic E-state index is 12.6. The Labute approximate surface area is 133 Å². The fourth-order valence-corrected chi connectivity index (χ4v) is 3.22. The van der Waals surface area contributed by atoms with E-state index in [-0.39, 0.29) is 9.87 Å². The van der Waals surface area contributed by atoms with Gasteiger partial charge in [-0.1, -0.05) is 18.2 Å². The van der Waals surface area contributed by atoms with Crippen LogP contribution in [0.2, 0.25) is 0 Å². The Hall–Kier alpha value is -1.82. The molecule has 0 aliphatic heterocycles. The van der Waals surface area contributed by atoms with Crippen LogP contribution in [-0.4, -0.2) is 37.9 Å². The maximum absolute atomic E-state index is 12.6. The van der Waals surface area contributed by atoms with Crippen LogP contribution in [0, 0.1) is 0 Å². The standard InChI is InChI=1S/C12H12F6N2O3S/c13-11(14,15)7-20(5-10(19)21)24(22,23)6-8-2-1-3-9(4-8)12(16,17)18/h1-4H,5-7H2,(H2,19,21). The number of primary amides is 1. The normalized spacial score (nSPS) is 13.3. The van der Waals surface area contributed by atoms with Crippen molar-refractivity contribution >= 4 is 15.9 Å². The van der Waals surface area contributed by atoms with Crippen molar-refractivity contribution in [3.05, 3.63) is 35.4 Å². The van der Waals surface area contributed by atoms with Gasteiger partial charge < -0.3 is 5.73 Å². The molecule has 12 heteroatoms.